The van der Waals surface area contributed by atoms with Crippen molar-refractivity contribution in [1.29, 1.82) is 0 Å². The summed E-state index contributed by atoms with van der Waals surface area (Å²) < 4.78 is 15.9. The Morgan fingerprint density at radius 1 is 1.00 bits per heavy atom. The van der Waals surface area contributed by atoms with Gasteiger partial charge in [-0.2, -0.15) is 0 Å². The number of hydrogen-bond acceptors (Lipinski definition) is 4. The largest absolute Gasteiger partial charge is 0.497 e. The summed E-state index contributed by atoms with van der Waals surface area (Å²) >= 11 is 0. The first kappa shape index (κ1) is 17.6. The van der Waals surface area contributed by atoms with E-state index in [2.05, 4.69) is 5.32 Å². The molecule has 0 saturated heterocycles. The number of hydrogen-bond donors (Lipinski definition) is 1. The molecule has 134 valence electrons. The number of methoxy groups -OCH3 is 1. The van der Waals surface area contributed by atoms with E-state index in [9.17, 15) is 4.79 Å². The van der Waals surface area contributed by atoms with Gasteiger partial charge in [-0.25, -0.2) is 0 Å². The van der Waals surface area contributed by atoms with E-state index in [1.54, 1.807) is 19.2 Å². The SMILES string of the molecule is CCOc1ccc([C@H](NC(=O)c2ccco2)c2ccc(OC)cc2)cc1. The number of benzene rings is 2. The highest BCUT2D eigenvalue weighted by atomic mass is 16.5. The molecule has 0 aliphatic rings. The van der Waals surface area contributed by atoms with E-state index in [1.807, 2.05) is 55.5 Å². The van der Waals surface area contributed by atoms with Crippen LogP contribution in [0.3, 0.4) is 0 Å². The van der Waals surface area contributed by atoms with E-state index >= 15 is 0 Å². The summed E-state index contributed by atoms with van der Waals surface area (Å²) in [5.74, 6) is 1.55. The van der Waals surface area contributed by atoms with Crippen molar-refractivity contribution in [3.05, 3.63) is 83.8 Å². The minimum atomic E-state index is -0.325. The van der Waals surface area contributed by atoms with Crippen molar-refractivity contribution >= 4 is 5.91 Å². The van der Waals surface area contributed by atoms with Crippen LogP contribution in [0, 0.1) is 0 Å². The van der Waals surface area contributed by atoms with Gasteiger partial charge in [0.2, 0.25) is 0 Å². The predicted molar refractivity (Wildman–Crippen MR) is 98.6 cm³/mol. The zero-order valence-corrected chi connectivity index (χ0v) is 14.8. The molecule has 0 radical (unpaired) electrons. The van der Waals surface area contributed by atoms with Gasteiger partial charge in [-0.05, 0) is 54.4 Å². The van der Waals surface area contributed by atoms with Crippen LogP contribution in [0.2, 0.25) is 0 Å². The maximum atomic E-state index is 12.5. The van der Waals surface area contributed by atoms with Crippen LogP contribution in [0.5, 0.6) is 11.5 Å². The third-order valence-electron chi connectivity index (χ3n) is 3.99. The lowest BCUT2D eigenvalue weighted by atomic mass is 9.98. The van der Waals surface area contributed by atoms with Crippen molar-refractivity contribution in [3.63, 3.8) is 0 Å². The first-order chi connectivity index (χ1) is 12.7. The van der Waals surface area contributed by atoms with Crippen LogP contribution < -0.4 is 14.8 Å². The smallest absolute Gasteiger partial charge is 0.287 e. The maximum absolute atomic E-state index is 12.5. The van der Waals surface area contributed by atoms with Gasteiger partial charge in [0.1, 0.15) is 11.5 Å². The van der Waals surface area contributed by atoms with Gasteiger partial charge in [-0.1, -0.05) is 24.3 Å². The van der Waals surface area contributed by atoms with E-state index in [1.165, 1.54) is 6.26 Å². The fourth-order valence-electron chi connectivity index (χ4n) is 2.69. The van der Waals surface area contributed by atoms with Crippen LogP contribution in [-0.4, -0.2) is 19.6 Å². The standard InChI is InChI=1S/C21H21NO4/c1-3-25-18-12-8-16(9-13-18)20(15-6-10-17(24-2)11-7-15)22-21(23)19-5-4-14-26-19/h4-14,20H,3H2,1-2H3,(H,22,23)/t20-/m1/s1. The van der Waals surface area contributed by atoms with E-state index in [0.29, 0.717) is 6.61 Å². The second-order valence-corrected chi connectivity index (χ2v) is 5.66. The van der Waals surface area contributed by atoms with Crippen LogP contribution in [0.15, 0.2) is 71.3 Å². The summed E-state index contributed by atoms with van der Waals surface area (Å²) in [6, 6.07) is 18.3. The second kappa shape index (κ2) is 8.25. The molecule has 1 heterocycles. The Bertz CT molecular complexity index is 823. The molecule has 0 unspecified atom stereocenters. The van der Waals surface area contributed by atoms with E-state index in [0.717, 1.165) is 22.6 Å². The summed E-state index contributed by atoms with van der Waals surface area (Å²) in [4.78, 5) is 12.5. The third-order valence-corrected chi connectivity index (χ3v) is 3.99. The van der Waals surface area contributed by atoms with Gasteiger partial charge in [0.15, 0.2) is 5.76 Å². The first-order valence-corrected chi connectivity index (χ1v) is 8.42. The summed E-state index contributed by atoms with van der Waals surface area (Å²) in [5, 5.41) is 3.03. The molecule has 0 aliphatic carbocycles. The fraction of sp³-hybridized carbons (Fsp3) is 0.190. The molecule has 5 nitrogen and oxygen atoms in total. The van der Waals surface area contributed by atoms with Gasteiger partial charge in [0.05, 0.1) is 26.0 Å². The van der Waals surface area contributed by atoms with Crippen LogP contribution in [-0.2, 0) is 0 Å². The Kier molecular flexibility index (Phi) is 5.59. The predicted octanol–water partition coefficient (Wildman–Crippen LogP) is 4.21. The third kappa shape index (κ3) is 4.06. The molecule has 2 aromatic carbocycles. The van der Waals surface area contributed by atoms with Crippen molar-refractivity contribution in [2.75, 3.05) is 13.7 Å². The molecule has 0 aliphatic heterocycles. The molecule has 0 spiro atoms. The van der Waals surface area contributed by atoms with Crippen LogP contribution in [0.1, 0.15) is 34.6 Å². The van der Waals surface area contributed by atoms with Crippen molar-refractivity contribution in [2.24, 2.45) is 0 Å². The summed E-state index contributed by atoms with van der Waals surface area (Å²) in [6.07, 6.45) is 1.48. The number of carbonyl (C=O) groups excluding carboxylic acids is 1. The molecule has 5 heteroatoms. The highest BCUT2D eigenvalue weighted by molar-refractivity contribution is 5.91. The summed E-state index contributed by atoms with van der Waals surface area (Å²) in [6.45, 7) is 2.55. The number of rotatable bonds is 7. The van der Waals surface area contributed by atoms with Crippen LogP contribution in [0.25, 0.3) is 0 Å². The number of carbonyl (C=O) groups is 1. The lowest BCUT2D eigenvalue weighted by Crippen LogP contribution is -2.29. The fourth-order valence-corrected chi connectivity index (χ4v) is 2.69. The van der Waals surface area contributed by atoms with Crippen molar-refractivity contribution in [1.82, 2.24) is 5.32 Å². The first-order valence-electron chi connectivity index (χ1n) is 8.42. The molecule has 1 atom stereocenters. The molecule has 3 rings (SSSR count). The van der Waals surface area contributed by atoms with Gasteiger partial charge in [-0.15, -0.1) is 0 Å². The van der Waals surface area contributed by atoms with Gasteiger partial charge in [0, 0.05) is 0 Å². The normalized spacial score (nSPS) is 11.6. The van der Waals surface area contributed by atoms with Crippen LogP contribution in [0.4, 0.5) is 0 Å². The molecule has 0 fully saturated rings. The van der Waals surface area contributed by atoms with Crippen molar-refractivity contribution < 1.29 is 18.7 Å². The van der Waals surface area contributed by atoms with Gasteiger partial charge in [-0.3, -0.25) is 4.79 Å². The average molecular weight is 351 g/mol. The lowest BCUT2D eigenvalue weighted by molar-refractivity contribution is 0.0915. The van der Waals surface area contributed by atoms with E-state index in [-0.39, 0.29) is 17.7 Å². The Hall–Kier alpha value is -3.21. The molecule has 1 N–H and O–H groups in total. The Labute approximate surface area is 152 Å². The highest BCUT2D eigenvalue weighted by Crippen LogP contribution is 2.26. The minimum absolute atomic E-state index is 0.273. The van der Waals surface area contributed by atoms with Gasteiger partial charge in [0.25, 0.3) is 5.91 Å². The maximum Gasteiger partial charge on any atom is 0.287 e. The molecule has 3 aromatic rings. The Balaban J connectivity index is 1.90. The quantitative estimate of drug-likeness (QED) is 0.693. The highest BCUT2D eigenvalue weighted by Gasteiger charge is 2.19. The lowest BCUT2D eigenvalue weighted by Gasteiger charge is -2.20. The average Bonchev–Trinajstić information content (AvgIpc) is 3.22. The van der Waals surface area contributed by atoms with Crippen molar-refractivity contribution in [3.8, 4) is 11.5 Å². The zero-order chi connectivity index (χ0) is 18.4. The molecular weight excluding hydrogens is 330 g/mol. The molecule has 1 aromatic heterocycles. The molecule has 0 saturated carbocycles. The summed E-state index contributed by atoms with van der Waals surface area (Å²) in [7, 11) is 1.62. The topological polar surface area (TPSA) is 60.7 Å². The number of nitrogens with one attached hydrogen (secondary N) is 1. The number of ether oxygens (including phenoxy) is 2. The molecular formula is C21H21NO4. The van der Waals surface area contributed by atoms with E-state index in [4.69, 9.17) is 13.9 Å². The second-order valence-electron chi connectivity index (χ2n) is 5.66. The van der Waals surface area contributed by atoms with Crippen molar-refractivity contribution in [2.45, 2.75) is 13.0 Å². The molecule has 26 heavy (non-hydrogen) atoms. The number of furan rings is 1. The zero-order valence-electron chi connectivity index (χ0n) is 14.8. The monoisotopic (exact) mass is 351 g/mol. The molecule has 1 amide bonds. The van der Waals surface area contributed by atoms with E-state index < -0.39 is 0 Å². The Morgan fingerprint density at radius 3 is 2.12 bits per heavy atom. The van der Waals surface area contributed by atoms with Crippen LogP contribution >= 0.6 is 0 Å². The molecule has 0 bridgehead atoms. The number of amides is 1. The summed E-state index contributed by atoms with van der Waals surface area (Å²) in [5.41, 5.74) is 1.88. The minimum Gasteiger partial charge on any atom is -0.497 e. The van der Waals surface area contributed by atoms with Gasteiger partial charge < -0.3 is 19.2 Å². The van der Waals surface area contributed by atoms with Gasteiger partial charge >= 0.3 is 0 Å². The Morgan fingerprint density at radius 2 is 1.62 bits per heavy atom.